The number of ether oxygens (including phenoxy) is 1. The zero-order chi connectivity index (χ0) is 9.80. The van der Waals surface area contributed by atoms with Crippen molar-refractivity contribution in [1.82, 2.24) is 0 Å². The lowest BCUT2D eigenvalue weighted by atomic mass is 9.90. The van der Waals surface area contributed by atoms with Crippen LogP contribution >= 0.6 is 0 Å². The molecule has 0 aromatic rings. The molecule has 2 saturated carbocycles. The molecule has 2 aliphatic carbocycles. The summed E-state index contributed by atoms with van der Waals surface area (Å²) in [5.41, 5.74) is 0. The molecule has 0 radical (unpaired) electrons. The zero-order valence-corrected chi connectivity index (χ0v) is 10.6. The van der Waals surface area contributed by atoms with E-state index in [4.69, 9.17) is 9.16 Å². The lowest BCUT2D eigenvalue weighted by Crippen LogP contribution is -2.15. The van der Waals surface area contributed by atoms with Crippen LogP contribution in [0.2, 0.25) is 6.04 Å². The summed E-state index contributed by atoms with van der Waals surface area (Å²) in [6.45, 7) is 1.95. The molecule has 0 heterocycles. The van der Waals surface area contributed by atoms with E-state index >= 15 is 0 Å². The molecule has 2 rings (SSSR count). The molecule has 0 aliphatic heterocycles. The maximum Gasteiger partial charge on any atom is 0.163 e. The van der Waals surface area contributed by atoms with Crippen molar-refractivity contribution in [3.05, 3.63) is 0 Å². The third-order valence-electron chi connectivity index (χ3n) is 3.64. The summed E-state index contributed by atoms with van der Waals surface area (Å²) in [5, 5.41) is 0. The van der Waals surface area contributed by atoms with Crippen molar-refractivity contribution in [3.63, 3.8) is 0 Å². The van der Waals surface area contributed by atoms with Gasteiger partial charge in [-0.05, 0) is 49.5 Å². The summed E-state index contributed by atoms with van der Waals surface area (Å²) in [6, 6.07) is 1.18. The zero-order valence-electron chi connectivity index (χ0n) is 9.21. The minimum absolute atomic E-state index is 0.254. The van der Waals surface area contributed by atoms with Gasteiger partial charge in [0.05, 0.1) is 0 Å². The van der Waals surface area contributed by atoms with Crippen LogP contribution in [0.1, 0.15) is 25.7 Å². The molecule has 0 amide bonds. The Morgan fingerprint density at radius 3 is 2.93 bits per heavy atom. The first-order valence-corrected chi connectivity index (χ1v) is 7.54. The van der Waals surface area contributed by atoms with Gasteiger partial charge in [-0.3, -0.25) is 0 Å². The minimum Gasteiger partial charge on any atom is -0.427 e. The summed E-state index contributed by atoms with van der Waals surface area (Å²) in [5.74, 6) is 3.08. The molecular weight excluding hydrogens is 192 g/mol. The quantitative estimate of drug-likeness (QED) is 0.494. The fourth-order valence-electron chi connectivity index (χ4n) is 2.66. The van der Waals surface area contributed by atoms with Gasteiger partial charge in [-0.2, -0.15) is 0 Å². The summed E-state index contributed by atoms with van der Waals surface area (Å²) in [4.78, 5) is 0. The van der Waals surface area contributed by atoms with Crippen LogP contribution in [-0.2, 0) is 9.16 Å². The predicted octanol–water partition coefficient (Wildman–Crippen LogP) is 1.59. The van der Waals surface area contributed by atoms with Gasteiger partial charge < -0.3 is 9.16 Å². The second-order valence-electron chi connectivity index (χ2n) is 4.86. The molecule has 3 unspecified atom stereocenters. The van der Waals surface area contributed by atoms with E-state index in [2.05, 4.69) is 0 Å². The number of hydrogen-bond donors (Lipinski definition) is 0. The Hall–Kier alpha value is 0.137. The second-order valence-corrected chi connectivity index (χ2v) is 6.55. The van der Waals surface area contributed by atoms with Crippen LogP contribution in [0.4, 0.5) is 0 Å². The summed E-state index contributed by atoms with van der Waals surface area (Å²) < 4.78 is 10.8. The van der Waals surface area contributed by atoms with Gasteiger partial charge in [0.2, 0.25) is 0 Å². The Balaban J connectivity index is 1.48. The molecule has 0 N–H and O–H groups in total. The summed E-state index contributed by atoms with van der Waals surface area (Å²) in [7, 11) is 1.55. The van der Waals surface area contributed by atoms with Gasteiger partial charge in [-0.25, -0.2) is 0 Å². The van der Waals surface area contributed by atoms with Crippen molar-refractivity contribution >= 4 is 9.76 Å². The van der Waals surface area contributed by atoms with E-state index in [1.54, 1.807) is 7.11 Å². The average molecular weight is 214 g/mol. The molecule has 0 aromatic heterocycles. The highest BCUT2D eigenvalue weighted by Crippen LogP contribution is 2.51. The molecule has 0 saturated heterocycles. The molecule has 2 fully saturated rings. The van der Waals surface area contributed by atoms with Gasteiger partial charge in [0.1, 0.15) is 0 Å². The smallest absolute Gasteiger partial charge is 0.163 e. The number of fused-ring (bicyclic) bond motifs is 1. The molecule has 0 aromatic carbocycles. The monoisotopic (exact) mass is 214 g/mol. The topological polar surface area (TPSA) is 18.5 Å². The van der Waals surface area contributed by atoms with Gasteiger partial charge in [-0.15, -0.1) is 0 Å². The lowest BCUT2D eigenvalue weighted by molar-refractivity contribution is 0.0919. The molecule has 14 heavy (non-hydrogen) atoms. The first-order valence-electron chi connectivity index (χ1n) is 5.97. The molecule has 82 valence electrons. The number of hydrogen-bond acceptors (Lipinski definition) is 2. The first kappa shape index (κ1) is 10.6. The third-order valence-corrected chi connectivity index (χ3v) is 4.63. The van der Waals surface area contributed by atoms with E-state index in [1.807, 2.05) is 0 Å². The van der Waals surface area contributed by atoms with Crippen LogP contribution in [0.3, 0.4) is 0 Å². The molecule has 2 nitrogen and oxygen atoms in total. The Bertz CT molecular complexity index is 175. The van der Waals surface area contributed by atoms with Crippen molar-refractivity contribution in [2.75, 3.05) is 20.3 Å². The highest BCUT2D eigenvalue weighted by atomic mass is 28.2. The standard InChI is InChI=1S/C11H22O2Si/c1-12-14-5-4-13-8-9-2-3-10-7-11(10)6-9/h9-11H,2-8,14H2,1H3. The van der Waals surface area contributed by atoms with E-state index in [0.717, 1.165) is 31.0 Å². The molecular formula is C11H22O2Si. The lowest BCUT2D eigenvalue weighted by Gasteiger charge is -2.20. The molecule has 3 atom stereocenters. The van der Waals surface area contributed by atoms with Gasteiger partial charge >= 0.3 is 0 Å². The second kappa shape index (κ2) is 5.28. The van der Waals surface area contributed by atoms with Gasteiger partial charge in [0, 0.05) is 20.3 Å². The summed E-state index contributed by atoms with van der Waals surface area (Å²) in [6.07, 6.45) is 5.87. The highest BCUT2D eigenvalue weighted by molar-refractivity contribution is 6.26. The predicted molar refractivity (Wildman–Crippen MR) is 60.1 cm³/mol. The van der Waals surface area contributed by atoms with Crippen molar-refractivity contribution in [2.45, 2.75) is 31.7 Å². The van der Waals surface area contributed by atoms with Crippen LogP contribution in [0.15, 0.2) is 0 Å². The maximum atomic E-state index is 5.70. The fourth-order valence-corrected chi connectivity index (χ4v) is 3.27. The van der Waals surface area contributed by atoms with E-state index < -0.39 is 0 Å². The summed E-state index contributed by atoms with van der Waals surface area (Å²) >= 11 is 0. The van der Waals surface area contributed by atoms with Gasteiger partial charge in [0.25, 0.3) is 0 Å². The van der Waals surface area contributed by atoms with Crippen molar-refractivity contribution in [1.29, 1.82) is 0 Å². The molecule has 0 bridgehead atoms. The van der Waals surface area contributed by atoms with Gasteiger partial charge in [0.15, 0.2) is 9.76 Å². The van der Waals surface area contributed by atoms with Gasteiger partial charge in [-0.1, -0.05) is 0 Å². The average Bonchev–Trinajstić information content (AvgIpc) is 2.95. The van der Waals surface area contributed by atoms with Crippen molar-refractivity contribution < 1.29 is 9.16 Å². The van der Waals surface area contributed by atoms with Crippen LogP contribution in [0, 0.1) is 17.8 Å². The Morgan fingerprint density at radius 2 is 2.14 bits per heavy atom. The van der Waals surface area contributed by atoms with E-state index in [1.165, 1.54) is 31.7 Å². The molecule has 0 spiro atoms. The third kappa shape index (κ3) is 3.07. The Labute approximate surface area is 89.3 Å². The van der Waals surface area contributed by atoms with Crippen LogP contribution in [0.5, 0.6) is 0 Å². The van der Waals surface area contributed by atoms with Crippen LogP contribution in [0.25, 0.3) is 0 Å². The first-order chi connectivity index (χ1) is 6.90. The van der Waals surface area contributed by atoms with E-state index in [9.17, 15) is 0 Å². The van der Waals surface area contributed by atoms with Crippen LogP contribution in [-0.4, -0.2) is 30.1 Å². The van der Waals surface area contributed by atoms with Crippen LogP contribution < -0.4 is 0 Å². The molecule has 3 heteroatoms. The number of rotatable bonds is 6. The fraction of sp³-hybridized carbons (Fsp3) is 1.00. The highest BCUT2D eigenvalue weighted by Gasteiger charge is 2.41. The largest absolute Gasteiger partial charge is 0.427 e. The molecule has 2 aliphatic rings. The Morgan fingerprint density at radius 1 is 1.21 bits per heavy atom. The van der Waals surface area contributed by atoms with Crippen molar-refractivity contribution in [3.8, 4) is 0 Å². The van der Waals surface area contributed by atoms with E-state index in [0.29, 0.717) is 0 Å². The van der Waals surface area contributed by atoms with E-state index in [-0.39, 0.29) is 9.76 Å². The van der Waals surface area contributed by atoms with Crippen molar-refractivity contribution in [2.24, 2.45) is 17.8 Å². The minimum atomic E-state index is -0.254. The normalized spacial score (nSPS) is 36.2. The SMILES string of the molecule is CO[SiH2]CCOCC1CCC2CC2C1. The maximum absolute atomic E-state index is 5.70. The Kier molecular flexibility index (Phi) is 4.02.